The number of fused-ring (bicyclic) bond motifs is 3. The minimum Gasteiger partial charge on any atom is -0.466 e. The molecule has 0 aromatic heterocycles. The van der Waals surface area contributed by atoms with Gasteiger partial charge < -0.3 is 9.47 Å². The summed E-state index contributed by atoms with van der Waals surface area (Å²) in [4.78, 5) is 12.6. The fraction of sp³-hybridized carbons (Fsp3) is 0.382. The average Bonchev–Trinajstić information content (AvgIpc) is 2.96. The summed E-state index contributed by atoms with van der Waals surface area (Å²) >= 11 is 0. The van der Waals surface area contributed by atoms with Crippen LogP contribution < -0.4 is 4.74 Å². The topological polar surface area (TPSA) is 35.5 Å². The highest BCUT2D eigenvalue weighted by atomic mass is 16.7. The molecule has 3 aliphatic rings. The Morgan fingerprint density at radius 3 is 2.49 bits per heavy atom. The first-order chi connectivity index (χ1) is 17.7. The third-order valence-corrected chi connectivity index (χ3v) is 8.64. The molecule has 192 valence electrons. The molecule has 0 heterocycles. The molecule has 3 heteroatoms. The molecule has 0 radical (unpaired) electrons. The molecule has 3 nitrogen and oxygen atoms in total. The summed E-state index contributed by atoms with van der Waals surface area (Å²) < 4.78 is 11.7. The van der Waals surface area contributed by atoms with E-state index in [2.05, 4.69) is 107 Å². The highest BCUT2D eigenvalue weighted by Gasteiger charge is 2.55. The summed E-state index contributed by atoms with van der Waals surface area (Å²) in [6.07, 6.45) is 16.9. The standard InChI is InChI=1S/C34H38O3/c1-22-12-11-13-23(2)34(28-16-9-7-14-26(28)31(22)27-15-8-10-17-29(27)34)30-19-25(33(3,4)5)18-24(20-35)32(30)37-21-36-6/h7-20,22,26,28,31H,21H2,1-6H3/b12-11-,23-13+. The molecular weight excluding hydrogens is 456 g/mol. The van der Waals surface area contributed by atoms with Gasteiger partial charge >= 0.3 is 0 Å². The lowest BCUT2D eigenvalue weighted by atomic mass is 9.49. The lowest BCUT2D eigenvalue weighted by molar-refractivity contribution is 0.0487. The molecule has 0 aliphatic heterocycles. The van der Waals surface area contributed by atoms with Crippen LogP contribution in [-0.4, -0.2) is 20.2 Å². The van der Waals surface area contributed by atoms with Crippen LogP contribution in [0.3, 0.4) is 0 Å². The number of allylic oxidation sites excluding steroid dienone is 8. The number of benzene rings is 2. The zero-order valence-electron chi connectivity index (χ0n) is 22.8. The summed E-state index contributed by atoms with van der Waals surface area (Å²) in [5, 5.41) is 0. The van der Waals surface area contributed by atoms with Gasteiger partial charge in [0.15, 0.2) is 13.1 Å². The Bertz CT molecular complexity index is 1320. The minimum absolute atomic E-state index is 0.0760. The van der Waals surface area contributed by atoms with Crippen molar-refractivity contribution in [1.82, 2.24) is 0 Å². The van der Waals surface area contributed by atoms with Gasteiger partial charge in [-0.1, -0.05) is 106 Å². The number of hydrogen-bond acceptors (Lipinski definition) is 3. The lowest BCUT2D eigenvalue weighted by Gasteiger charge is -2.53. The summed E-state index contributed by atoms with van der Waals surface area (Å²) in [7, 11) is 1.62. The summed E-state index contributed by atoms with van der Waals surface area (Å²) in [5.41, 5.74) is 5.98. The molecule has 2 aromatic carbocycles. The second-order valence-electron chi connectivity index (χ2n) is 11.7. The van der Waals surface area contributed by atoms with E-state index in [0.29, 0.717) is 29.1 Å². The highest BCUT2D eigenvalue weighted by Crippen LogP contribution is 2.62. The van der Waals surface area contributed by atoms with Gasteiger partial charge in [-0.05, 0) is 52.8 Å². The van der Waals surface area contributed by atoms with Crippen LogP contribution in [0.25, 0.3) is 0 Å². The van der Waals surface area contributed by atoms with Gasteiger partial charge in [-0.15, -0.1) is 0 Å². The predicted octanol–water partition coefficient (Wildman–Crippen LogP) is 7.67. The normalized spacial score (nSPS) is 30.3. The van der Waals surface area contributed by atoms with Crippen LogP contribution in [0, 0.1) is 17.8 Å². The maximum atomic E-state index is 12.6. The zero-order valence-corrected chi connectivity index (χ0v) is 22.8. The van der Waals surface area contributed by atoms with Crippen molar-refractivity contribution in [3.63, 3.8) is 0 Å². The molecule has 5 unspecified atom stereocenters. The Morgan fingerprint density at radius 2 is 1.76 bits per heavy atom. The van der Waals surface area contributed by atoms with Gasteiger partial charge in [-0.3, -0.25) is 4.79 Å². The van der Waals surface area contributed by atoms with E-state index in [1.165, 1.54) is 16.7 Å². The molecule has 2 aromatic rings. The first kappa shape index (κ1) is 25.5. The predicted molar refractivity (Wildman–Crippen MR) is 150 cm³/mol. The minimum atomic E-state index is -0.518. The Morgan fingerprint density at radius 1 is 1.00 bits per heavy atom. The van der Waals surface area contributed by atoms with Crippen LogP contribution in [0.5, 0.6) is 5.75 Å². The average molecular weight is 495 g/mol. The maximum absolute atomic E-state index is 12.6. The van der Waals surface area contributed by atoms with Crippen LogP contribution >= 0.6 is 0 Å². The van der Waals surface area contributed by atoms with E-state index < -0.39 is 5.41 Å². The van der Waals surface area contributed by atoms with E-state index in [0.717, 1.165) is 17.4 Å². The Balaban J connectivity index is 1.98. The van der Waals surface area contributed by atoms with Crippen LogP contribution in [0.2, 0.25) is 0 Å². The van der Waals surface area contributed by atoms with Crippen molar-refractivity contribution < 1.29 is 14.3 Å². The molecule has 2 bridgehead atoms. The van der Waals surface area contributed by atoms with Crippen molar-refractivity contribution in [3.05, 3.63) is 112 Å². The molecule has 5 atom stereocenters. The number of carbonyl (C=O) groups is 1. The monoisotopic (exact) mass is 494 g/mol. The van der Waals surface area contributed by atoms with Crippen LogP contribution in [-0.2, 0) is 15.6 Å². The SMILES string of the molecule is COCOc1c(C=O)cc(C(C)(C)C)cc1C12/C(C)=C/C=C\C(C)C(c3ccccc31)C1C=CC=CC12. The van der Waals surface area contributed by atoms with Gasteiger partial charge in [0.1, 0.15) is 5.75 Å². The van der Waals surface area contributed by atoms with Gasteiger partial charge in [-0.2, -0.15) is 0 Å². The fourth-order valence-electron chi connectivity index (χ4n) is 6.95. The molecule has 5 rings (SSSR count). The van der Waals surface area contributed by atoms with Crippen molar-refractivity contribution in [2.24, 2.45) is 17.8 Å². The number of carbonyl (C=O) groups excluding carboxylic acids is 1. The van der Waals surface area contributed by atoms with Gasteiger partial charge in [0, 0.05) is 18.6 Å². The number of methoxy groups -OCH3 is 1. The van der Waals surface area contributed by atoms with E-state index in [1.54, 1.807) is 7.11 Å². The number of hydrogen-bond donors (Lipinski definition) is 0. The quantitative estimate of drug-likeness (QED) is 0.316. The number of rotatable bonds is 5. The third-order valence-electron chi connectivity index (χ3n) is 8.64. The van der Waals surface area contributed by atoms with Crippen molar-refractivity contribution in [2.75, 3.05) is 13.9 Å². The third kappa shape index (κ3) is 3.95. The smallest absolute Gasteiger partial charge is 0.188 e. The van der Waals surface area contributed by atoms with Gasteiger partial charge in [0.2, 0.25) is 0 Å². The summed E-state index contributed by atoms with van der Waals surface area (Å²) in [6.45, 7) is 11.2. The molecule has 0 saturated heterocycles. The van der Waals surface area contributed by atoms with E-state index >= 15 is 0 Å². The maximum Gasteiger partial charge on any atom is 0.188 e. The van der Waals surface area contributed by atoms with E-state index in [-0.39, 0.29) is 18.1 Å². The first-order valence-electron chi connectivity index (χ1n) is 13.3. The van der Waals surface area contributed by atoms with Crippen molar-refractivity contribution in [1.29, 1.82) is 0 Å². The Hall–Kier alpha value is -3.17. The lowest BCUT2D eigenvalue weighted by Crippen LogP contribution is -2.48. The summed E-state index contributed by atoms with van der Waals surface area (Å²) in [6, 6.07) is 13.2. The van der Waals surface area contributed by atoms with Crippen molar-refractivity contribution in [3.8, 4) is 5.75 Å². The van der Waals surface area contributed by atoms with Crippen LogP contribution in [0.1, 0.15) is 73.1 Å². The number of ether oxygens (including phenoxy) is 2. The molecular formula is C34H38O3. The van der Waals surface area contributed by atoms with Gasteiger partial charge in [0.25, 0.3) is 0 Å². The molecule has 0 saturated carbocycles. The fourth-order valence-corrected chi connectivity index (χ4v) is 6.95. The molecule has 0 N–H and O–H groups in total. The first-order valence-corrected chi connectivity index (χ1v) is 13.3. The molecule has 37 heavy (non-hydrogen) atoms. The van der Waals surface area contributed by atoms with E-state index in [9.17, 15) is 4.79 Å². The van der Waals surface area contributed by atoms with Crippen LogP contribution in [0.4, 0.5) is 0 Å². The molecule has 0 fully saturated rings. The molecule has 0 spiro atoms. The Kier molecular flexibility index (Phi) is 6.62. The Labute approximate surface area is 221 Å². The molecule has 3 aliphatic carbocycles. The highest BCUT2D eigenvalue weighted by molar-refractivity contribution is 5.82. The zero-order chi connectivity index (χ0) is 26.4. The second-order valence-corrected chi connectivity index (χ2v) is 11.7. The molecule has 0 amide bonds. The van der Waals surface area contributed by atoms with Gasteiger partial charge in [0.05, 0.1) is 11.0 Å². The summed E-state index contributed by atoms with van der Waals surface area (Å²) in [5.74, 6) is 1.81. The van der Waals surface area contributed by atoms with Crippen LogP contribution in [0.15, 0.2) is 84.5 Å². The van der Waals surface area contributed by atoms with E-state index in [1.807, 2.05) is 6.07 Å². The van der Waals surface area contributed by atoms with Gasteiger partial charge in [-0.25, -0.2) is 0 Å². The second kappa shape index (κ2) is 9.61. The largest absolute Gasteiger partial charge is 0.466 e. The number of aldehydes is 1. The van der Waals surface area contributed by atoms with Crippen molar-refractivity contribution >= 4 is 6.29 Å². The van der Waals surface area contributed by atoms with E-state index in [4.69, 9.17) is 9.47 Å². The van der Waals surface area contributed by atoms with Crippen molar-refractivity contribution in [2.45, 2.75) is 51.4 Å².